The molecule has 1 aliphatic carbocycles. The maximum absolute atomic E-state index is 12.0. The van der Waals surface area contributed by atoms with Crippen molar-refractivity contribution in [2.45, 2.75) is 44.3 Å². The van der Waals surface area contributed by atoms with Gasteiger partial charge in [0.1, 0.15) is 5.60 Å². The van der Waals surface area contributed by atoms with Gasteiger partial charge in [0.15, 0.2) is 0 Å². The minimum atomic E-state index is -0.614. The zero-order valence-corrected chi connectivity index (χ0v) is 15.6. The fourth-order valence-electron chi connectivity index (χ4n) is 3.65. The highest BCUT2D eigenvalue weighted by Gasteiger charge is 2.60. The van der Waals surface area contributed by atoms with E-state index in [4.69, 9.17) is 4.74 Å². The number of rotatable bonds is 5. The van der Waals surface area contributed by atoms with Crippen molar-refractivity contribution in [3.05, 3.63) is 71.8 Å². The molecule has 1 fully saturated rings. The number of hydrogen-bond acceptors (Lipinski definition) is 3. The first kappa shape index (κ1) is 18.5. The minimum absolute atomic E-state index is 0.160. The van der Waals surface area contributed by atoms with E-state index < -0.39 is 17.8 Å². The van der Waals surface area contributed by atoms with E-state index in [1.54, 1.807) is 0 Å². The maximum Gasteiger partial charge on any atom is 0.407 e. The van der Waals surface area contributed by atoms with Crippen molar-refractivity contribution >= 4 is 6.09 Å². The largest absolute Gasteiger partial charge is 0.444 e. The normalized spacial score (nSPS) is 23.2. The number of hydrogen-bond donors (Lipinski definition) is 2. The van der Waals surface area contributed by atoms with Crippen LogP contribution in [0.5, 0.6) is 0 Å². The molecule has 1 amide bonds. The third kappa shape index (κ3) is 3.91. The molecule has 2 N–H and O–H groups in total. The molecule has 0 saturated heterocycles. The van der Waals surface area contributed by atoms with E-state index in [-0.39, 0.29) is 11.3 Å². The van der Waals surface area contributed by atoms with Gasteiger partial charge in [0.25, 0.3) is 0 Å². The SMILES string of the molecule is CC(C)(C)OC(=O)NCC1C[C@]1(c1ccccc1)[C@H](O)c1ccccc1. The van der Waals surface area contributed by atoms with Gasteiger partial charge in [-0.3, -0.25) is 0 Å². The molecule has 26 heavy (non-hydrogen) atoms. The van der Waals surface area contributed by atoms with E-state index in [1.165, 1.54) is 0 Å². The first-order chi connectivity index (χ1) is 12.3. The average Bonchev–Trinajstić information content (AvgIpc) is 3.35. The highest BCUT2D eigenvalue weighted by atomic mass is 16.6. The molecule has 0 heterocycles. The molecule has 0 radical (unpaired) electrons. The highest BCUT2D eigenvalue weighted by Crippen LogP contribution is 2.61. The molecule has 0 aliphatic heterocycles. The van der Waals surface area contributed by atoms with Crippen molar-refractivity contribution in [1.82, 2.24) is 5.32 Å². The molecule has 4 heteroatoms. The zero-order valence-electron chi connectivity index (χ0n) is 15.6. The first-order valence-corrected chi connectivity index (χ1v) is 9.08. The van der Waals surface area contributed by atoms with Crippen LogP contribution in [0.3, 0.4) is 0 Å². The Labute approximate surface area is 155 Å². The van der Waals surface area contributed by atoms with Gasteiger partial charge < -0.3 is 15.2 Å². The lowest BCUT2D eigenvalue weighted by Crippen LogP contribution is -2.35. The summed E-state index contributed by atoms with van der Waals surface area (Å²) >= 11 is 0. The third-order valence-corrected chi connectivity index (χ3v) is 4.96. The number of ether oxygens (including phenoxy) is 1. The van der Waals surface area contributed by atoms with E-state index in [2.05, 4.69) is 17.4 Å². The molecule has 1 aliphatic rings. The number of aliphatic hydroxyl groups excluding tert-OH is 1. The quantitative estimate of drug-likeness (QED) is 0.847. The molecule has 1 saturated carbocycles. The minimum Gasteiger partial charge on any atom is -0.444 e. The van der Waals surface area contributed by atoms with Crippen molar-refractivity contribution in [2.24, 2.45) is 5.92 Å². The summed E-state index contributed by atoms with van der Waals surface area (Å²) in [7, 11) is 0. The van der Waals surface area contributed by atoms with E-state index in [0.717, 1.165) is 17.5 Å². The predicted molar refractivity (Wildman–Crippen MR) is 102 cm³/mol. The molecule has 3 rings (SSSR count). The van der Waals surface area contributed by atoms with Crippen LogP contribution in [0.15, 0.2) is 60.7 Å². The second-order valence-electron chi connectivity index (χ2n) is 8.00. The van der Waals surface area contributed by atoms with Crippen LogP contribution in [0.2, 0.25) is 0 Å². The fourth-order valence-corrected chi connectivity index (χ4v) is 3.65. The summed E-state index contributed by atoms with van der Waals surface area (Å²) in [4.78, 5) is 12.0. The van der Waals surface area contributed by atoms with Crippen molar-refractivity contribution in [1.29, 1.82) is 0 Å². The van der Waals surface area contributed by atoms with Crippen molar-refractivity contribution in [2.75, 3.05) is 6.54 Å². The molecule has 0 aromatic heterocycles. The van der Waals surface area contributed by atoms with Crippen LogP contribution in [-0.4, -0.2) is 23.3 Å². The molecule has 138 valence electrons. The van der Waals surface area contributed by atoms with Gasteiger partial charge in [-0.2, -0.15) is 0 Å². The van der Waals surface area contributed by atoms with Gasteiger partial charge in [-0.05, 0) is 44.2 Å². The van der Waals surface area contributed by atoms with Gasteiger partial charge in [-0.1, -0.05) is 60.7 Å². The number of aliphatic hydroxyl groups is 1. The summed E-state index contributed by atoms with van der Waals surface area (Å²) in [6.45, 7) is 6.01. The fraction of sp³-hybridized carbons (Fsp3) is 0.409. The average molecular weight is 353 g/mol. The summed E-state index contributed by atoms with van der Waals surface area (Å²) in [6, 6.07) is 19.8. The number of carbonyl (C=O) groups excluding carboxylic acids is 1. The van der Waals surface area contributed by atoms with Crippen LogP contribution in [0.4, 0.5) is 4.79 Å². The number of alkyl carbamates (subject to hydrolysis) is 1. The van der Waals surface area contributed by atoms with E-state index in [1.807, 2.05) is 69.3 Å². The Bertz CT molecular complexity index is 739. The molecule has 1 unspecified atom stereocenters. The Kier molecular flexibility index (Phi) is 5.05. The van der Waals surface area contributed by atoms with Gasteiger partial charge in [-0.25, -0.2) is 4.79 Å². The highest BCUT2D eigenvalue weighted by molar-refractivity contribution is 5.67. The lowest BCUT2D eigenvalue weighted by Gasteiger charge is -2.26. The second kappa shape index (κ2) is 7.12. The lowest BCUT2D eigenvalue weighted by molar-refractivity contribution is 0.0519. The van der Waals surface area contributed by atoms with Gasteiger partial charge in [0, 0.05) is 12.0 Å². The Morgan fingerprint density at radius 3 is 2.31 bits per heavy atom. The maximum atomic E-state index is 12.0. The molecular weight excluding hydrogens is 326 g/mol. The monoisotopic (exact) mass is 353 g/mol. The van der Waals surface area contributed by atoms with Gasteiger partial charge in [-0.15, -0.1) is 0 Å². The van der Waals surface area contributed by atoms with Crippen LogP contribution in [0.1, 0.15) is 44.4 Å². The second-order valence-corrected chi connectivity index (χ2v) is 8.00. The Morgan fingerprint density at radius 2 is 1.73 bits per heavy atom. The van der Waals surface area contributed by atoms with Crippen molar-refractivity contribution in [3.8, 4) is 0 Å². The molecule has 4 nitrogen and oxygen atoms in total. The van der Waals surface area contributed by atoms with Crippen LogP contribution < -0.4 is 5.32 Å². The van der Waals surface area contributed by atoms with Crippen LogP contribution in [0.25, 0.3) is 0 Å². The van der Waals surface area contributed by atoms with Crippen LogP contribution >= 0.6 is 0 Å². The van der Waals surface area contributed by atoms with Gasteiger partial charge in [0.2, 0.25) is 0 Å². The summed E-state index contributed by atoms with van der Waals surface area (Å²) in [5, 5.41) is 14.0. The Morgan fingerprint density at radius 1 is 1.15 bits per heavy atom. The van der Waals surface area contributed by atoms with E-state index in [0.29, 0.717) is 6.54 Å². The summed E-state index contributed by atoms with van der Waals surface area (Å²) < 4.78 is 5.32. The molecule has 3 atom stereocenters. The Hall–Kier alpha value is -2.33. The smallest absolute Gasteiger partial charge is 0.407 e. The Balaban J connectivity index is 1.77. The summed E-state index contributed by atoms with van der Waals surface area (Å²) in [5.41, 5.74) is 1.11. The topological polar surface area (TPSA) is 58.6 Å². The van der Waals surface area contributed by atoms with Crippen molar-refractivity contribution in [3.63, 3.8) is 0 Å². The number of nitrogens with one attached hydrogen (secondary N) is 1. The predicted octanol–water partition coefficient (Wildman–Crippen LogP) is 4.20. The third-order valence-electron chi connectivity index (χ3n) is 4.96. The standard InChI is InChI=1S/C22H27NO3/c1-21(2,3)26-20(25)23-15-18-14-22(18,17-12-8-5-9-13-17)19(24)16-10-6-4-7-11-16/h4-13,18-19,24H,14-15H2,1-3H3,(H,23,25)/t18?,19-,22-/m1/s1. The first-order valence-electron chi connectivity index (χ1n) is 9.08. The molecule has 2 aromatic carbocycles. The van der Waals surface area contributed by atoms with Gasteiger partial charge in [0.05, 0.1) is 6.10 Å². The van der Waals surface area contributed by atoms with E-state index >= 15 is 0 Å². The molecule has 0 bridgehead atoms. The molecule has 0 spiro atoms. The van der Waals surface area contributed by atoms with Crippen molar-refractivity contribution < 1.29 is 14.6 Å². The van der Waals surface area contributed by atoms with E-state index in [9.17, 15) is 9.90 Å². The summed E-state index contributed by atoms with van der Waals surface area (Å²) in [6.07, 6.45) is -0.208. The zero-order chi connectivity index (χ0) is 18.8. The lowest BCUT2D eigenvalue weighted by atomic mass is 9.84. The number of carbonyl (C=O) groups is 1. The molecular formula is C22H27NO3. The van der Waals surface area contributed by atoms with Crippen LogP contribution in [-0.2, 0) is 10.2 Å². The van der Waals surface area contributed by atoms with Crippen LogP contribution in [0, 0.1) is 5.92 Å². The number of benzene rings is 2. The number of amides is 1. The van der Waals surface area contributed by atoms with Gasteiger partial charge >= 0.3 is 6.09 Å². The molecule has 2 aromatic rings. The summed E-state index contributed by atoms with van der Waals surface area (Å²) in [5.74, 6) is 0.160.